The summed E-state index contributed by atoms with van der Waals surface area (Å²) in [7, 11) is 0. The lowest BCUT2D eigenvalue weighted by Gasteiger charge is -2.25. The molecular formula is C15H26O5. The average Bonchev–Trinajstić information content (AvgIpc) is 2.30. The number of carbonyl (C=O) groups excluding carboxylic acids is 1. The molecule has 0 aliphatic heterocycles. The molecule has 0 saturated heterocycles. The molecule has 0 rings (SSSR count). The van der Waals surface area contributed by atoms with E-state index in [1.807, 2.05) is 20.8 Å². The van der Waals surface area contributed by atoms with Gasteiger partial charge in [-0.3, -0.25) is 0 Å². The minimum atomic E-state index is -1.17. The van der Waals surface area contributed by atoms with Gasteiger partial charge in [0, 0.05) is 18.8 Å². The Morgan fingerprint density at radius 1 is 1.25 bits per heavy atom. The van der Waals surface area contributed by atoms with E-state index in [1.54, 1.807) is 0 Å². The number of unbranched alkanes of at least 4 members (excludes halogenated alkanes) is 1. The van der Waals surface area contributed by atoms with Crippen molar-refractivity contribution in [1.82, 2.24) is 0 Å². The van der Waals surface area contributed by atoms with E-state index < -0.39 is 11.9 Å². The molecule has 0 aliphatic carbocycles. The molecule has 0 aliphatic rings. The first-order valence-electron chi connectivity index (χ1n) is 6.94. The van der Waals surface area contributed by atoms with Crippen LogP contribution in [-0.2, 0) is 19.1 Å². The third kappa shape index (κ3) is 11.7. The zero-order valence-corrected chi connectivity index (χ0v) is 12.8. The Balaban J connectivity index is 4.36. The van der Waals surface area contributed by atoms with Crippen LogP contribution in [0.5, 0.6) is 0 Å². The molecule has 0 aromatic carbocycles. The molecule has 1 atom stereocenters. The number of carboxylic acid groups (broad SMARTS) is 1. The highest BCUT2D eigenvalue weighted by atomic mass is 16.6. The predicted octanol–water partition coefficient (Wildman–Crippen LogP) is 2.79. The molecule has 1 N–H and O–H groups in total. The minimum Gasteiger partial charge on any atom is -0.478 e. The fourth-order valence-electron chi connectivity index (χ4n) is 1.62. The van der Waals surface area contributed by atoms with E-state index in [0.717, 1.165) is 25.0 Å². The summed E-state index contributed by atoms with van der Waals surface area (Å²) in [6, 6.07) is 0. The van der Waals surface area contributed by atoms with Crippen molar-refractivity contribution in [2.75, 3.05) is 13.2 Å². The van der Waals surface area contributed by atoms with E-state index in [2.05, 4.69) is 6.92 Å². The van der Waals surface area contributed by atoms with Gasteiger partial charge in [-0.25, -0.2) is 9.59 Å². The van der Waals surface area contributed by atoms with Crippen molar-refractivity contribution in [3.63, 3.8) is 0 Å². The topological polar surface area (TPSA) is 72.8 Å². The van der Waals surface area contributed by atoms with Gasteiger partial charge in [0.05, 0.1) is 6.61 Å². The van der Waals surface area contributed by atoms with Crippen LogP contribution in [0.15, 0.2) is 12.2 Å². The van der Waals surface area contributed by atoms with Gasteiger partial charge in [0.1, 0.15) is 6.10 Å². The molecule has 20 heavy (non-hydrogen) atoms. The minimum absolute atomic E-state index is 0.00439. The first kappa shape index (κ1) is 18.6. The summed E-state index contributed by atoms with van der Waals surface area (Å²) in [6.07, 6.45) is 4.00. The highest BCUT2D eigenvalue weighted by molar-refractivity contribution is 5.90. The van der Waals surface area contributed by atoms with Gasteiger partial charge in [-0.1, -0.05) is 34.1 Å². The summed E-state index contributed by atoms with van der Waals surface area (Å²) in [6.45, 7) is 9.20. The second kappa shape index (κ2) is 9.53. The van der Waals surface area contributed by atoms with Gasteiger partial charge in [0.2, 0.25) is 0 Å². The first-order chi connectivity index (χ1) is 9.24. The maximum absolute atomic E-state index is 11.5. The normalized spacial score (nSPS) is 13.4. The monoisotopic (exact) mass is 286 g/mol. The molecule has 116 valence electrons. The highest BCUT2D eigenvalue weighted by Gasteiger charge is 2.21. The second-order valence-electron chi connectivity index (χ2n) is 5.92. The van der Waals surface area contributed by atoms with Crippen LogP contribution in [0.1, 0.15) is 47.0 Å². The number of carboxylic acids is 1. The maximum atomic E-state index is 11.5. The number of hydrogen-bond donors (Lipinski definition) is 1. The largest absolute Gasteiger partial charge is 0.478 e. The Bertz CT molecular complexity index is 328. The van der Waals surface area contributed by atoms with Crippen molar-refractivity contribution in [2.45, 2.75) is 53.1 Å². The molecule has 0 saturated carbocycles. The van der Waals surface area contributed by atoms with E-state index in [1.165, 1.54) is 0 Å². The van der Waals surface area contributed by atoms with Crippen molar-refractivity contribution in [3.05, 3.63) is 12.2 Å². The van der Waals surface area contributed by atoms with E-state index in [4.69, 9.17) is 14.6 Å². The Morgan fingerprint density at radius 2 is 1.90 bits per heavy atom. The second-order valence-corrected chi connectivity index (χ2v) is 5.92. The molecule has 5 nitrogen and oxygen atoms in total. The van der Waals surface area contributed by atoms with Crippen LogP contribution in [0.4, 0.5) is 0 Å². The Kier molecular flexibility index (Phi) is 8.88. The number of hydrogen-bond acceptors (Lipinski definition) is 4. The zero-order chi connectivity index (χ0) is 15.6. The van der Waals surface area contributed by atoms with Gasteiger partial charge in [-0.2, -0.15) is 0 Å². The molecule has 0 amide bonds. The first-order valence-corrected chi connectivity index (χ1v) is 6.94. The van der Waals surface area contributed by atoms with Gasteiger partial charge in [0.15, 0.2) is 0 Å². The summed E-state index contributed by atoms with van der Waals surface area (Å²) in [5.41, 5.74) is -0.00439. The molecule has 0 spiro atoms. The third-order valence-corrected chi connectivity index (χ3v) is 2.43. The van der Waals surface area contributed by atoms with Gasteiger partial charge < -0.3 is 14.6 Å². The lowest BCUT2D eigenvalue weighted by molar-refractivity contribution is -0.148. The van der Waals surface area contributed by atoms with Crippen LogP contribution in [0.25, 0.3) is 0 Å². The van der Waals surface area contributed by atoms with Crippen molar-refractivity contribution in [1.29, 1.82) is 0 Å². The number of ether oxygens (including phenoxy) is 2. The molecule has 0 aromatic rings. The molecule has 0 aromatic heterocycles. The van der Waals surface area contributed by atoms with Crippen molar-refractivity contribution < 1.29 is 24.2 Å². The standard InChI is InChI=1S/C15H26O5/c1-5-6-9-19-11-12(10-15(2,3)4)20-14(18)8-7-13(16)17/h7-8,12H,5-6,9-11H2,1-4H3,(H,16,17)/b8-7+. The summed E-state index contributed by atoms with van der Waals surface area (Å²) in [4.78, 5) is 21.8. The molecule has 0 heterocycles. The number of esters is 1. The van der Waals surface area contributed by atoms with Crippen LogP contribution >= 0.6 is 0 Å². The lowest BCUT2D eigenvalue weighted by Crippen LogP contribution is -2.28. The van der Waals surface area contributed by atoms with Crippen molar-refractivity contribution in [2.24, 2.45) is 5.41 Å². The van der Waals surface area contributed by atoms with Crippen molar-refractivity contribution >= 4 is 11.9 Å². The lowest BCUT2D eigenvalue weighted by atomic mass is 9.89. The molecule has 5 heteroatoms. The van der Waals surface area contributed by atoms with Crippen LogP contribution in [0, 0.1) is 5.41 Å². The van der Waals surface area contributed by atoms with E-state index in [0.29, 0.717) is 19.6 Å². The fourth-order valence-corrected chi connectivity index (χ4v) is 1.62. The molecule has 1 unspecified atom stereocenters. The zero-order valence-electron chi connectivity index (χ0n) is 12.8. The summed E-state index contributed by atoms with van der Waals surface area (Å²) < 4.78 is 10.7. The number of rotatable bonds is 9. The van der Waals surface area contributed by atoms with Gasteiger partial charge >= 0.3 is 11.9 Å². The average molecular weight is 286 g/mol. The number of aliphatic carboxylic acids is 1. The molecule has 0 fully saturated rings. The quantitative estimate of drug-likeness (QED) is 0.401. The van der Waals surface area contributed by atoms with Crippen LogP contribution in [0.2, 0.25) is 0 Å². The Morgan fingerprint density at radius 3 is 2.40 bits per heavy atom. The summed E-state index contributed by atoms with van der Waals surface area (Å²) in [5, 5.41) is 8.46. The molecular weight excluding hydrogens is 260 g/mol. The fraction of sp³-hybridized carbons (Fsp3) is 0.733. The Hall–Kier alpha value is -1.36. The number of carbonyl (C=O) groups is 2. The molecule has 0 bridgehead atoms. The van der Waals surface area contributed by atoms with Crippen LogP contribution in [0.3, 0.4) is 0 Å². The van der Waals surface area contributed by atoms with Crippen LogP contribution in [-0.4, -0.2) is 36.4 Å². The van der Waals surface area contributed by atoms with E-state index in [-0.39, 0.29) is 11.5 Å². The smallest absolute Gasteiger partial charge is 0.331 e. The maximum Gasteiger partial charge on any atom is 0.331 e. The van der Waals surface area contributed by atoms with Gasteiger partial charge in [0.25, 0.3) is 0 Å². The van der Waals surface area contributed by atoms with Crippen molar-refractivity contribution in [3.8, 4) is 0 Å². The molecule has 0 radical (unpaired) electrons. The summed E-state index contributed by atoms with van der Waals surface area (Å²) in [5.74, 6) is -1.82. The van der Waals surface area contributed by atoms with E-state index in [9.17, 15) is 9.59 Å². The SMILES string of the molecule is CCCCOCC(CC(C)(C)C)OC(=O)/C=C/C(=O)O. The van der Waals surface area contributed by atoms with Gasteiger partial charge in [-0.05, 0) is 18.3 Å². The van der Waals surface area contributed by atoms with Crippen LogP contribution < -0.4 is 0 Å². The predicted molar refractivity (Wildman–Crippen MR) is 76.5 cm³/mol. The van der Waals surface area contributed by atoms with Gasteiger partial charge in [-0.15, -0.1) is 0 Å². The third-order valence-electron chi connectivity index (χ3n) is 2.43. The summed E-state index contributed by atoms with van der Waals surface area (Å²) >= 11 is 0. The highest BCUT2D eigenvalue weighted by Crippen LogP contribution is 2.22. The Labute approximate surface area is 121 Å². The van der Waals surface area contributed by atoms with E-state index >= 15 is 0 Å².